The third-order valence-electron chi connectivity index (χ3n) is 6.41. The van der Waals surface area contributed by atoms with Gasteiger partial charge in [-0.25, -0.2) is 9.97 Å². The summed E-state index contributed by atoms with van der Waals surface area (Å²) in [5.41, 5.74) is 8.94. The minimum atomic E-state index is 0.205. The standard InChI is InChI=1S/C30H28N6O3/c31-17-21-4-1-2-5-22(21)18-38-25-6-3-7-26(16-25)39-24-10-8-20(9-11-24)28(32)27-29(33)34-19-35-30(27)36-23-12-14-37-15-13-23/h1-11,16,19,23,32H,12-15,18H2,(H3,33,34,35,36). The van der Waals surface area contributed by atoms with Gasteiger partial charge in [0.15, 0.2) is 0 Å². The fourth-order valence-corrected chi connectivity index (χ4v) is 4.30. The third-order valence-corrected chi connectivity index (χ3v) is 6.41. The molecule has 4 aromatic rings. The van der Waals surface area contributed by atoms with Crippen molar-refractivity contribution in [3.8, 4) is 23.3 Å². The van der Waals surface area contributed by atoms with Crippen molar-refractivity contribution in [2.24, 2.45) is 0 Å². The van der Waals surface area contributed by atoms with E-state index in [1.54, 1.807) is 24.3 Å². The highest BCUT2D eigenvalue weighted by Crippen LogP contribution is 2.28. The Balaban J connectivity index is 1.26. The number of hydrogen-bond donors (Lipinski definition) is 3. The first-order valence-corrected chi connectivity index (χ1v) is 12.6. The topological polar surface area (TPSA) is 139 Å². The Labute approximate surface area is 226 Å². The Morgan fingerprint density at radius 2 is 1.77 bits per heavy atom. The zero-order chi connectivity index (χ0) is 27.0. The molecule has 2 heterocycles. The Morgan fingerprint density at radius 3 is 2.56 bits per heavy atom. The lowest BCUT2D eigenvalue weighted by molar-refractivity contribution is 0.0904. The van der Waals surface area contributed by atoms with Crippen LogP contribution in [0.4, 0.5) is 11.6 Å². The van der Waals surface area contributed by atoms with E-state index in [-0.39, 0.29) is 24.2 Å². The molecule has 1 saturated heterocycles. The lowest BCUT2D eigenvalue weighted by Crippen LogP contribution is -2.29. The van der Waals surface area contributed by atoms with Crippen LogP contribution in [-0.4, -0.2) is 34.9 Å². The maximum atomic E-state index is 9.28. The highest BCUT2D eigenvalue weighted by Gasteiger charge is 2.20. The Kier molecular flexibility index (Phi) is 7.95. The molecular formula is C30H28N6O3. The number of ether oxygens (including phenoxy) is 3. The molecule has 0 bridgehead atoms. The number of hydrogen-bond acceptors (Lipinski definition) is 9. The van der Waals surface area contributed by atoms with Gasteiger partial charge in [0.25, 0.3) is 0 Å². The number of nitrogens with one attached hydrogen (secondary N) is 2. The van der Waals surface area contributed by atoms with Crippen LogP contribution in [0, 0.1) is 16.7 Å². The lowest BCUT2D eigenvalue weighted by Gasteiger charge is -2.25. The SMILES string of the molecule is N#Cc1ccccc1COc1cccc(Oc2ccc(C(=N)c3c(N)ncnc3NC3CCOCC3)cc2)c1. The molecule has 0 amide bonds. The fraction of sp³-hybridized carbons (Fsp3) is 0.200. The van der Waals surface area contributed by atoms with Crippen molar-refractivity contribution in [3.05, 3.63) is 101 Å². The first-order valence-electron chi connectivity index (χ1n) is 12.6. The van der Waals surface area contributed by atoms with Crippen LogP contribution >= 0.6 is 0 Å². The van der Waals surface area contributed by atoms with Gasteiger partial charge in [0.1, 0.15) is 41.8 Å². The minimum absolute atomic E-state index is 0.205. The zero-order valence-electron chi connectivity index (χ0n) is 21.3. The number of anilines is 2. The van der Waals surface area contributed by atoms with E-state index < -0.39 is 0 Å². The average molecular weight is 521 g/mol. The first kappa shape index (κ1) is 25.7. The van der Waals surface area contributed by atoms with Crippen LogP contribution in [0.5, 0.6) is 17.2 Å². The molecule has 39 heavy (non-hydrogen) atoms. The molecule has 1 aromatic heterocycles. The van der Waals surface area contributed by atoms with Gasteiger partial charge in [-0.15, -0.1) is 0 Å². The van der Waals surface area contributed by atoms with Crippen LogP contribution < -0.4 is 20.5 Å². The van der Waals surface area contributed by atoms with Gasteiger partial charge < -0.3 is 25.3 Å². The largest absolute Gasteiger partial charge is 0.489 e. The monoisotopic (exact) mass is 520 g/mol. The average Bonchev–Trinajstić information content (AvgIpc) is 2.97. The van der Waals surface area contributed by atoms with E-state index >= 15 is 0 Å². The van der Waals surface area contributed by atoms with Crippen molar-refractivity contribution >= 4 is 17.3 Å². The normalized spacial score (nSPS) is 13.3. The second-order valence-corrected chi connectivity index (χ2v) is 9.05. The second kappa shape index (κ2) is 12.1. The molecule has 9 heteroatoms. The van der Waals surface area contributed by atoms with E-state index in [2.05, 4.69) is 21.4 Å². The number of nitriles is 1. The van der Waals surface area contributed by atoms with Crippen LogP contribution in [0.25, 0.3) is 0 Å². The molecule has 1 aliphatic rings. The molecule has 5 rings (SSSR count). The van der Waals surface area contributed by atoms with Gasteiger partial charge >= 0.3 is 0 Å². The summed E-state index contributed by atoms with van der Waals surface area (Å²) in [4.78, 5) is 8.48. The summed E-state index contributed by atoms with van der Waals surface area (Å²) in [5.74, 6) is 2.64. The molecule has 0 atom stereocenters. The Hall–Kier alpha value is -4.94. The summed E-state index contributed by atoms with van der Waals surface area (Å²) in [7, 11) is 0. The highest BCUT2D eigenvalue weighted by atomic mass is 16.5. The van der Waals surface area contributed by atoms with Crippen LogP contribution in [0.3, 0.4) is 0 Å². The molecule has 0 aliphatic carbocycles. The van der Waals surface area contributed by atoms with Crippen molar-refractivity contribution in [1.82, 2.24) is 9.97 Å². The van der Waals surface area contributed by atoms with Crippen molar-refractivity contribution in [2.45, 2.75) is 25.5 Å². The molecule has 1 aliphatic heterocycles. The fourth-order valence-electron chi connectivity index (χ4n) is 4.30. The molecule has 0 radical (unpaired) electrons. The molecule has 1 fully saturated rings. The van der Waals surface area contributed by atoms with E-state index in [1.165, 1.54) is 6.33 Å². The lowest BCUT2D eigenvalue weighted by atomic mass is 10.0. The van der Waals surface area contributed by atoms with E-state index in [1.807, 2.05) is 48.5 Å². The summed E-state index contributed by atoms with van der Waals surface area (Å²) < 4.78 is 17.4. The van der Waals surface area contributed by atoms with Crippen LogP contribution in [-0.2, 0) is 11.3 Å². The summed E-state index contributed by atoms with van der Waals surface area (Å²) in [6.07, 6.45) is 3.13. The van der Waals surface area contributed by atoms with E-state index in [9.17, 15) is 5.26 Å². The minimum Gasteiger partial charge on any atom is -0.489 e. The predicted octanol–water partition coefficient (Wildman–Crippen LogP) is 5.31. The number of nitrogens with zero attached hydrogens (tertiary/aromatic N) is 3. The summed E-state index contributed by atoms with van der Waals surface area (Å²) in [6, 6.07) is 24.3. The number of nitrogen functional groups attached to an aromatic ring is 1. The van der Waals surface area contributed by atoms with Crippen molar-refractivity contribution in [1.29, 1.82) is 10.7 Å². The molecule has 0 saturated carbocycles. The Morgan fingerprint density at radius 1 is 1.00 bits per heavy atom. The maximum Gasteiger partial charge on any atom is 0.141 e. The zero-order valence-corrected chi connectivity index (χ0v) is 21.3. The molecule has 0 unspecified atom stereocenters. The number of aromatic nitrogens is 2. The smallest absolute Gasteiger partial charge is 0.141 e. The molecule has 3 aromatic carbocycles. The number of nitrogens with two attached hydrogens (primary N) is 1. The summed E-state index contributed by atoms with van der Waals surface area (Å²) >= 11 is 0. The van der Waals surface area contributed by atoms with Crippen molar-refractivity contribution < 1.29 is 14.2 Å². The molecule has 0 spiro atoms. The van der Waals surface area contributed by atoms with Gasteiger partial charge in [0.05, 0.1) is 22.9 Å². The van der Waals surface area contributed by atoms with Gasteiger partial charge in [-0.3, -0.25) is 5.41 Å². The number of benzene rings is 3. The van der Waals surface area contributed by atoms with Gasteiger partial charge in [-0.1, -0.05) is 24.3 Å². The quantitative estimate of drug-likeness (QED) is 0.252. The first-order chi connectivity index (χ1) is 19.1. The van der Waals surface area contributed by atoms with Crippen LogP contribution in [0.15, 0.2) is 79.1 Å². The third kappa shape index (κ3) is 6.32. The van der Waals surface area contributed by atoms with Gasteiger partial charge in [0.2, 0.25) is 0 Å². The van der Waals surface area contributed by atoms with Crippen molar-refractivity contribution in [3.63, 3.8) is 0 Å². The van der Waals surface area contributed by atoms with Crippen molar-refractivity contribution in [2.75, 3.05) is 24.3 Å². The molecule has 4 N–H and O–H groups in total. The molecule has 9 nitrogen and oxygen atoms in total. The highest BCUT2D eigenvalue weighted by molar-refractivity contribution is 6.16. The van der Waals surface area contributed by atoms with E-state index in [4.69, 9.17) is 25.4 Å². The van der Waals surface area contributed by atoms with Gasteiger partial charge in [0, 0.05) is 36.4 Å². The number of rotatable bonds is 9. The van der Waals surface area contributed by atoms with Crippen LogP contribution in [0.1, 0.15) is 35.1 Å². The Bertz CT molecular complexity index is 1490. The van der Waals surface area contributed by atoms with Crippen LogP contribution in [0.2, 0.25) is 0 Å². The van der Waals surface area contributed by atoms with Gasteiger partial charge in [-0.2, -0.15) is 5.26 Å². The maximum absolute atomic E-state index is 9.28. The van der Waals surface area contributed by atoms with E-state index in [0.29, 0.717) is 53.0 Å². The van der Waals surface area contributed by atoms with Gasteiger partial charge in [-0.05, 0) is 55.3 Å². The van der Waals surface area contributed by atoms with E-state index in [0.717, 1.165) is 18.4 Å². The molecular weight excluding hydrogens is 492 g/mol. The molecule has 196 valence electrons. The summed E-state index contributed by atoms with van der Waals surface area (Å²) in [5, 5.41) is 21.5. The summed E-state index contributed by atoms with van der Waals surface area (Å²) in [6.45, 7) is 1.66. The second-order valence-electron chi connectivity index (χ2n) is 9.05. The predicted molar refractivity (Wildman–Crippen MR) is 148 cm³/mol.